The van der Waals surface area contributed by atoms with Crippen LogP contribution >= 0.6 is 0 Å². The van der Waals surface area contributed by atoms with Crippen LogP contribution in [0.4, 0.5) is 0 Å². The number of rotatable bonds is 9. The van der Waals surface area contributed by atoms with Crippen molar-refractivity contribution in [1.29, 1.82) is 0 Å². The van der Waals surface area contributed by atoms with Crippen molar-refractivity contribution in [3.63, 3.8) is 0 Å². The lowest BCUT2D eigenvalue weighted by atomic mass is 10.2. The van der Waals surface area contributed by atoms with E-state index in [1.54, 1.807) is 36.3 Å². The van der Waals surface area contributed by atoms with E-state index in [0.717, 1.165) is 12.8 Å². The van der Waals surface area contributed by atoms with Gasteiger partial charge >= 0.3 is 0 Å². The summed E-state index contributed by atoms with van der Waals surface area (Å²) in [6.45, 7) is 7.05. The van der Waals surface area contributed by atoms with Crippen molar-refractivity contribution in [1.82, 2.24) is 10.2 Å². The fourth-order valence-corrected chi connectivity index (χ4v) is 2.60. The van der Waals surface area contributed by atoms with E-state index < -0.39 is 0 Å². The highest BCUT2D eigenvalue weighted by Crippen LogP contribution is 2.16. The van der Waals surface area contributed by atoms with Gasteiger partial charge in [0.25, 0.3) is 5.91 Å². The van der Waals surface area contributed by atoms with Gasteiger partial charge in [-0.1, -0.05) is 13.3 Å². The van der Waals surface area contributed by atoms with Gasteiger partial charge in [0, 0.05) is 19.5 Å². The van der Waals surface area contributed by atoms with Crippen LogP contribution in [0.15, 0.2) is 33.3 Å². The van der Waals surface area contributed by atoms with E-state index in [2.05, 4.69) is 12.2 Å². The van der Waals surface area contributed by atoms with Crippen molar-refractivity contribution in [2.45, 2.75) is 46.6 Å². The molecule has 0 aliphatic heterocycles. The highest BCUT2D eigenvalue weighted by molar-refractivity contribution is 5.95. The summed E-state index contributed by atoms with van der Waals surface area (Å²) in [7, 11) is 0. The molecule has 136 valence electrons. The summed E-state index contributed by atoms with van der Waals surface area (Å²) in [5.41, 5.74) is 0.574. The summed E-state index contributed by atoms with van der Waals surface area (Å²) in [4.78, 5) is 26.5. The molecule has 0 saturated carbocycles. The number of nitrogens with one attached hydrogen (secondary N) is 1. The first-order valence-electron chi connectivity index (χ1n) is 8.66. The zero-order valence-electron chi connectivity index (χ0n) is 15.1. The third-order valence-electron chi connectivity index (χ3n) is 3.99. The topological polar surface area (TPSA) is 75.7 Å². The van der Waals surface area contributed by atoms with E-state index in [0.29, 0.717) is 42.5 Å². The molecular formula is C19H26N2O4. The van der Waals surface area contributed by atoms with Gasteiger partial charge in [0.2, 0.25) is 5.91 Å². The molecule has 6 heteroatoms. The fraction of sp³-hybridized carbons (Fsp3) is 0.474. The Hall–Kier alpha value is -2.50. The molecule has 25 heavy (non-hydrogen) atoms. The smallest absolute Gasteiger partial charge is 0.257 e. The molecule has 2 amide bonds. The summed E-state index contributed by atoms with van der Waals surface area (Å²) in [5, 5.41) is 2.80. The standard InChI is InChI=1S/C19H26N2O4/c1-4-5-9-21(19(23)17-12-14(2)25-15(17)3)10-8-18(22)20-13-16-7-6-11-24-16/h6-7,11-12H,4-5,8-10,13H2,1-3H3,(H,20,22). The minimum absolute atomic E-state index is 0.0818. The predicted molar refractivity (Wildman–Crippen MR) is 94.2 cm³/mol. The minimum Gasteiger partial charge on any atom is -0.467 e. The molecule has 0 unspecified atom stereocenters. The Morgan fingerprint density at radius 3 is 2.64 bits per heavy atom. The van der Waals surface area contributed by atoms with E-state index in [-0.39, 0.29) is 18.2 Å². The number of amides is 2. The first-order chi connectivity index (χ1) is 12.0. The van der Waals surface area contributed by atoms with Crippen molar-refractivity contribution in [2.75, 3.05) is 13.1 Å². The zero-order valence-corrected chi connectivity index (χ0v) is 15.1. The van der Waals surface area contributed by atoms with Gasteiger partial charge < -0.3 is 19.1 Å². The maximum Gasteiger partial charge on any atom is 0.257 e. The summed E-state index contributed by atoms with van der Waals surface area (Å²) in [5.74, 6) is 1.85. The van der Waals surface area contributed by atoms with Gasteiger partial charge in [-0.25, -0.2) is 0 Å². The van der Waals surface area contributed by atoms with Crippen LogP contribution in [-0.2, 0) is 11.3 Å². The number of hydrogen-bond donors (Lipinski definition) is 1. The van der Waals surface area contributed by atoms with E-state index in [1.807, 2.05) is 6.92 Å². The molecule has 0 bridgehead atoms. The van der Waals surface area contributed by atoms with E-state index in [1.165, 1.54) is 0 Å². The normalized spacial score (nSPS) is 10.7. The van der Waals surface area contributed by atoms with Crippen LogP contribution in [0.1, 0.15) is 53.8 Å². The molecule has 0 aliphatic rings. The molecule has 2 aromatic rings. The highest BCUT2D eigenvalue weighted by atomic mass is 16.3. The van der Waals surface area contributed by atoms with Crippen molar-refractivity contribution in [3.8, 4) is 0 Å². The number of unbranched alkanes of at least 4 members (excludes halogenated alkanes) is 1. The van der Waals surface area contributed by atoms with E-state index in [4.69, 9.17) is 8.83 Å². The van der Waals surface area contributed by atoms with Gasteiger partial charge in [0.15, 0.2) is 0 Å². The van der Waals surface area contributed by atoms with Crippen LogP contribution in [0.5, 0.6) is 0 Å². The summed E-state index contributed by atoms with van der Waals surface area (Å²) < 4.78 is 10.6. The van der Waals surface area contributed by atoms with Gasteiger partial charge in [-0.15, -0.1) is 0 Å². The van der Waals surface area contributed by atoms with Crippen molar-refractivity contribution in [2.24, 2.45) is 0 Å². The van der Waals surface area contributed by atoms with Crippen molar-refractivity contribution >= 4 is 11.8 Å². The first kappa shape index (κ1) is 18.8. The molecule has 0 saturated heterocycles. The van der Waals surface area contributed by atoms with Crippen LogP contribution in [-0.4, -0.2) is 29.8 Å². The molecule has 1 N–H and O–H groups in total. The number of carbonyl (C=O) groups is 2. The average Bonchev–Trinajstić information content (AvgIpc) is 3.21. The van der Waals surface area contributed by atoms with Crippen molar-refractivity contribution < 1.29 is 18.4 Å². The summed E-state index contributed by atoms with van der Waals surface area (Å²) in [6, 6.07) is 5.34. The van der Waals surface area contributed by atoms with E-state index >= 15 is 0 Å². The molecule has 0 aromatic carbocycles. The largest absolute Gasteiger partial charge is 0.467 e. The molecule has 0 spiro atoms. The molecule has 2 aromatic heterocycles. The molecule has 0 fully saturated rings. The van der Waals surface area contributed by atoms with Crippen LogP contribution in [0.3, 0.4) is 0 Å². The zero-order chi connectivity index (χ0) is 18.2. The quantitative estimate of drug-likeness (QED) is 0.755. The molecule has 2 rings (SSSR count). The average molecular weight is 346 g/mol. The molecule has 0 atom stereocenters. The highest BCUT2D eigenvalue weighted by Gasteiger charge is 2.20. The number of furan rings is 2. The molecule has 2 heterocycles. The lowest BCUT2D eigenvalue weighted by Gasteiger charge is -2.22. The Bertz CT molecular complexity index is 688. The Balaban J connectivity index is 1.91. The molecule has 0 radical (unpaired) electrons. The summed E-state index contributed by atoms with van der Waals surface area (Å²) in [6.07, 6.45) is 3.71. The van der Waals surface area contributed by atoms with Gasteiger partial charge in [0.05, 0.1) is 18.4 Å². The second kappa shape index (κ2) is 9.11. The third kappa shape index (κ3) is 5.52. The summed E-state index contributed by atoms with van der Waals surface area (Å²) >= 11 is 0. The van der Waals surface area contributed by atoms with Crippen LogP contribution < -0.4 is 5.32 Å². The third-order valence-corrected chi connectivity index (χ3v) is 3.99. The van der Waals surface area contributed by atoms with Gasteiger partial charge in [-0.3, -0.25) is 9.59 Å². The first-order valence-corrected chi connectivity index (χ1v) is 8.66. The monoisotopic (exact) mass is 346 g/mol. The van der Waals surface area contributed by atoms with E-state index in [9.17, 15) is 9.59 Å². The molecular weight excluding hydrogens is 320 g/mol. The second-order valence-electron chi connectivity index (χ2n) is 6.08. The van der Waals surface area contributed by atoms with Crippen LogP contribution in [0, 0.1) is 13.8 Å². The number of hydrogen-bond acceptors (Lipinski definition) is 4. The van der Waals surface area contributed by atoms with Gasteiger partial charge in [-0.2, -0.15) is 0 Å². The number of aryl methyl sites for hydroxylation is 2. The molecule has 0 aliphatic carbocycles. The fourth-order valence-electron chi connectivity index (χ4n) is 2.60. The Kier molecular flexibility index (Phi) is 6.86. The second-order valence-corrected chi connectivity index (χ2v) is 6.08. The van der Waals surface area contributed by atoms with Gasteiger partial charge in [-0.05, 0) is 38.5 Å². The number of carbonyl (C=O) groups excluding carboxylic acids is 2. The Morgan fingerprint density at radius 2 is 2.04 bits per heavy atom. The maximum absolute atomic E-state index is 12.8. The Morgan fingerprint density at radius 1 is 1.24 bits per heavy atom. The lowest BCUT2D eigenvalue weighted by Crippen LogP contribution is -2.36. The lowest BCUT2D eigenvalue weighted by molar-refractivity contribution is -0.121. The Labute approximate surface area is 148 Å². The maximum atomic E-state index is 12.8. The minimum atomic E-state index is -0.106. The SMILES string of the molecule is CCCCN(CCC(=O)NCc1ccco1)C(=O)c1cc(C)oc1C. The van der Waals surface area contributed by atoms with Gasteiger partial charge in [0.1, 0.15) is 17.3 Å². The molecule has 6 nitrogen and oxygen atoms in total. The van der Waals surface area contributed by atoms with Crippen molar-refractivity contribution in [3.05, 3.63) is 47.3 Å². The number of nitrogens with zero attached hydrogens (tertiary/aromatic N) is 1. The van der Waals surface area contributed by atoms with Crippen LogP contribution in [0.25, 0.3) is 0 Å². The predicted octanol–water partition coefficient (Wildman–Crippen LogP) is 3.44. The van der Waals surface area contributed by atoms with Crippen LogP contribution in [0.2, 0.25) is 0 Å².